The van der Waals surface area contributed by atoms with E-state index in [9.17, 15) is 9.18 Å². The van der Waals surface area contributed by atoms with Crippen molar-refractivity contribution in [1.82, 2.24) is 0 Å². The fourth-order valence-corrected chi connectivity index (χ4v) is 4.50. The molecule has 1 heterocycles. The van der Waals surface area contributed by atoms with E-state index in [0.29, 0.717) is 12.2 Å². The minimum atomic E-state index is -0.191. The molecular formula is C25H29FO4. The van der Waals surface area contributed by atoms with Crippen LogP contribution in [0.2, 0.25) is 0 Å². The lowest BCUT2D eigenvalue weighted by molar-refractivity contribution is -0.149. The Morgan fingerprint density at radius 3 is 2.70 bits per heavy atom. The van der Waals surface area contributed by atoms with E-state index in [4.69, 9.17) is 14.2 Å². The highest BCUT2D eigenvalue weighted by molar-refractivity contribution is 5.72. The molecule has 0 saturated heterocycles. The van der Waals surface area contributed by atoms with Gasteiger partial charge in [0.25, 0.3) is 0 Å². The molecule has 0 N–H and O–H groups in total. The summed E-state index contributed by atoms with van der Waals surface area (Å²) in [6.45, 7) is 4.08. The first-order chi connectivity index (χ1) is 14.5. The van der Waals surface area contributed by atoms with Crippen molar-refractivity contribution in [2.45, 2.75) is 64.6 Å². The second kappa shape index (κ2) is 9.07. The lowest BCUT2D eigenvalue weighted by Crippen LogP contribution is -2.29. The molecule has 1 aliphatic heterocycles. The summed E-state index contributed by atoms with van der Waals surface area (Å²) < 4.78 is 31.4. The van der Waals surface area contributed by atoms with E-state index in [-0.39, 0.29) is 29.9 Å². The number of halogens is 1. The van der Waals surface area contributed by atoms with Crippen LogP contribution >= 0.6 is 0 Å². The average molecular weight is 413 g/mol. The van der Waals surface area contributed by atoms with Gasteiger partial charge < -0.3 is 14.2 Å². The molecule has 0 aromatic heterocycles. The van der Waals surface area contributed by atoms with Gasteiger partial charge in [0.1, 0.15) is 23.4 Å². The first-order valence-corrected chi connectivity index (χ1v) is 10.9. The first-order valence-electron chi connectivity index (χ1n) is 10.9. The number of hydrogen-bond donors (Lipinski definition) is 0. The second-order valence-corrected chi connectivity index (χ2v) is 8.21. The Labute approximate surface area is 177 Å². The van der Waals surface area contributed by atoms with Crippen molar-refractivity contribution >= 4 is 5.97 Å². The highest BCUT2D eigenvalue weighted by atomic mass is 19.1. The van der Waals surface area contributed by atoms with Crippen LogP contribution in [0.1, 0.15) is 61.8 Å². The molecule has 2 aliphatic rings. The molecule has 4 rings (SSSR count). The molecule has 1 atom stereocenters. The summed E-state index contributed by atoms with van der Waals surface area (Å²) >= 11 is 0. The average Bonchev–Trinajstić information content (AvgIpc) is 2.76. The third-order valence-electron chi connectivity index (χ3n) is 6.23. The topological polar surface area (TPSA) is 44.8 Å². The van der Waals surface area contributed by atoms with Crippen LogP contribution in [0.25, 0.3) is 0 Å². The minimum absolute atomic E-state index is 0.00458. The Hall–Kier alpha value is -2.56. The molecule has 30 heavy (non-hydrogen) atoms. The van der Waals surface area contributed by atoms with Gasteiger partial charge in [-0.3, -0.25) is 4.79 Å². The maximum Gasteiger partial charge on any atom is 0.308 e. The van der Waals surface area contributed by atoms with Crippen LogP contribution in [-0.4, -0.2) is 18.7 Å². The van der Waals surface area contributed by atoms with E-state index >= 15 is 0 Å². The summed E-state index contributed by atoms with van der Waals surface area (Å²) in [5, 5.41) is 0. The van der Waals surface area contributed by atoms with Crippen LogP contribution in [0.4, 0.5) is 4.39 Å². The number of aryl methyl sites for hydroxylation is 1. The zero-order valence-electron chi connectivity index (χ0n) is 17.7. The Balaban J connectivity index is 1.37. The van der Waals surface area contributed by atoms with Crippen molar-refractivity contribution in [3.05, 3.63) is 58.9 Å². The van der Waals surface area contributed by atoms with Crippen LogP contribution in [0.5, 0.6) is 11.5 Å². The monoisotopic (exact) mass is 412 g/mol. The summed E-state index contributed by atoms with van der Waals surface area (Å²) in [5.74, 6) is 1.42. The molecule has 0 spiro atoms. The predicted octanol–water partition coefficient (Wildman–Crippen LogP) is 5.70. The SMILES string of the molecule is CCOC(=O)C1CCC(Oc2ccc3c(c2)CCC(c2cccc(F)c2C)O3)CC1. The molecule has 2 aromatic carbocycles. The number of esters is 1. The van der Waals surface area contributed by atoms with E-state index in [1.54, 1.807) is 13.0 Å². The van der Waals surface area contributed by atoms with Crippen LogP contribution in [-0.2, 0) is 16.0 Å². The van der Waals surface area contributed by atoms with Gasteiger partial charge in [-0.15, -0.1) is 0 Å². The smallest absolute Gasteiger partial charge is 0.308 e. The fourth-order valence-electron chi connectivity index (χ4n) is 4.50. The summed E-state index contributed by atoms with van der Waals surface area (Å²) in [5.41, 5.74) is 2.70. The van der Waals surface area contributed by atoms with Crippen molar-refractivity contribution in [3.63, 3.8) is 0 Å². The van der Waals surface area contributed by atoms with E-state index < -0.39 is 0 Å². The largest absolute Gasteiger partial charge is 0.490 e. The van der Waals surface area contributed by atoms with Crippen molar-refractivity contribution < 1.29 is 23.4 Å². The Morgan fingerprint density at radius 1 is 1.13 bits per heavy atom. The zero-order valence-corrected chi connectivity index (χ0v) is 17.7. The number of carbonyl (C=O) groups is 1. The van der Waals surface area contributed by atoms with Crippen LogP contribution in [0, 0.1) is 18.7 Å². The van der Waals surface area contributed by atoms with Gasteiger partial charge in [-0.1, -0.05) is 12.1 Å². The summed E-state index contributed by atoms with van der Waals surface area (Å²) in [7, 11) is 0. The third-order valence-corrected chi connectivity index (χ3v) is 6.23. The molecule has 2 aromatic rings. The zero-order chi connectivity index (χ0) is 21.1. The highest BCUT2D eigenvalue weighted by Gasteiger charge is 2.29. The molecule has 1 saturated carbocycles. The van der Waals surface area contributed by atoms with Crippen LogP contribution < -0.4 is 9.47 Å². The Kier molecular flexibility index (Phi) is 6.26. The molecule has 5 heteroatoms. The number of hydrogen-bond acceptors (Lipinski definition) is 4. The van der Waals surface area contributed by atoms with Crippen molar-refractivity contribution in [2.24, 2.45) is 5.92 Å². The van der Waals surface area contributed by atoms with Crippen LogP contribution in [0.3, 0.4) is 0 Å². The Bertz CT molecular complexity index is 902. The maximum atomic E-state index is 13.9. The summed E-state index contributed by atoms with van der Waals surface area (Å²) in [6, 6.07) is 11.1. The second-order valence-electron chi connectivity index (χ2n) is 8.21. The number of rotatable bonds is 5. The molecule has 0 bridgehead atoms. The van der Waals surface area contributed by atoms with E-state index in [0.717, 1.165) is 61.2 Å². The fraction of sp³-hybridized carbons (Fsp3) is 0.480. The third kappa shape index (κ3) is 4.45. The lowest BCUT2D eigenvalue weighted by Gasteiger charge is -2.30. The van der Waals surface area contributed by atoms with Gasteiger partial charge in [-0.05, 0) is 93.3 Å². The first kappa shape index (κ1) is 20.7. The number of benzene rings is 2. The van der Waals surface area contributed by atoms with Crippen molar-refractivity contribution in [3.8, 4) is 11.5 Å². The van der Waals surface area contributed by atoms with Gasteiger partial charge in [-0.25, -0.2) is 4.39 Å². The predicted molar refractivity (Wildman–Crippen MR) is 112 cm³/mol. The molecular weight excluding hydrogens is 383 g/mol. The molecule has 4 nitrogen and oxygen atoms in total. The molecule has 1 unspecified atom stereocenters. The van der Waals surface area contributed by atoms with Gasteiger partial charge >= 0.3 is 5.97 Å². The van der Waals surface area contributed by atoms with E-state index in [2.05, 4.69) is 6.07 Å². The van der Waals surface area contributed by atoms with Gasteiger partial charge in [0.15, 0.2) is 0 Å². The maximum absolute atomic E-state index is 13.9. The molecule has 1 fully saturated rings. The normalized spacial score (nSPS) is 23.2. The van der Waals surface area contributed by atoms with Gasteiger partial charge in [0, 0.05) is 0 Å². The standard InChI is InChI=1S/C25H29FO4/c1-3-28-25(27)17-7-10-19(11-8-17)29-20-12-14-23-18(15-20)9-13-24(30-23)21-5-4-6-22(26)16(21)2/h4-6,12,14-15,17,19,24H,3,7-11,13H2,1-2H3. The number of ether oxygens (including phenoxy) is 3. The quantitative estimate of drug-likeness (QED) is 0.591. The van der Waals surface area contributed by atoms with E-state index in [1.165, 1.54) is 6.07 Å². The molecule has 160 valence electrons. The number of fused-ring (bicyclic) bond motifs is 1. The molecule has 1 aliphatic carbocycles. The van der Waals surface area contributed by atoms with E-state index in [1.807, 2.05) is 25.1 Å². The highest BCUT2D eigenvalue weighted by Crippen LogP contribution is 2.38. The van der Waals surface area contributed by atoms with Gasteiger partial charge in [0.2, 0.25) is 0 Å². The molecule has 0 amide bonds. The summed E-state index contributed by atoms with van der Waals surface area (Å²) in [4.78, 5) is 11.9. The summed E-state index contributed by atoms with van der Waals surface area (Å²) in [6.07, 6.45) is 5.02. The van der Waals surface area contributed by atoms with Gasteiger partial charge in [-0.2, -0.15) is 0 Å². The molecule has 0 radical (unpaired) electrons. The van der Waals surface area contributed by atoms with Gasteiger partial charge in [0.05, 0.1) is 18.6 Å². The lowest BCUT2D eigenvalue weighted by atomic mass is 9.87. The number of carbonyl (C=O) groups excluding carboxylic acids is 1. The van der Waals surface area contributed by atoms with Crippen LogP contribution in [0.15, 0.2) is 36.4 Å². The van der Waals surface area contributed by atoms with Crippen molar-refractivity contribution in [1.29, 1.82) is 0 Å². The Morgan fingerprint density at radius 2 is 1.93 bits per heavy atom. The van der Waals surface area contributed by atoms with Crippen molar-refractivity contribution in [2.75, 3.05) is 6.61 Å². The minimum Gasteiger partial charge on any atom is -0.490 e.